The Bertz CT molecular complexity index is 776. The first-order valence-electron chi connectivity index (χ1n) is 6.45. The molecular weight excluding hydrogens is 352 g/mol. The Morgan fingerprint density at radius 1 is 1.00 bits per heavy atom. The van der Waals surface area contributed by atoms with Crippen molar-refractivity contribution in [2.75, 3.05) is 0 Å². The highest BCUT2D eigenvalue weighted by atomic mass is 79.9. The molecule has 0 aliphatic heterocycles. The summed E-state index contributed by atoms with van der Waals surface area (Å²) < 4.78 is 0. The van der Waals surface area contributed by atoms with Gasteiger partial charge in [0.15, 0.2) is 0 Å². The highest BCUT2D eigenvalue weighted by Crippen LogP contribution is 2.43. The van der Waals surface area contributed by atoms with Crippen LogP contribution in [0, 0.1) is 13.8 Å². The predicted molar refractivity (Wildman–Crippen MR) is 93.5 cm³/mol. The molecule has 2 aromatic carbocycles. The van der Waals surface area contributed by atoms with Crippen LogP contribution >= 0.6 is 38.9 Å². The monoisotopic (exact) mass is 364 g/mol. The molecular formula is C17H14BrClS. The van der Waals surface area contributed by atoms with Crippen LogP contribution in [0.4, 0.5) is 0 Å². The van der Waals surface area contributed by atoms with Crippen LogP contribution < -0.4 is 0 Å². The van der Waals surface area contributed by atoms with E-state index < -0.39 is 0 Å². The van der Waals surface area contributed by atoms with Gasteiger partial charge in [-0.3, -0.25) is 0 Å². The molecule has 3 heteroatoms. The highest BCUT2D eigenvalue weighted by molar-refractivity contribution is 9.09. The molecule has 3 aromatic rings. The maximum atomic E-state index is 6.42. The summed E-state index contributed by atoms with van der Waals surface area (Å²) in [6.07, 6.45) is 0. The van der Waals surface area contributed by atoms with Gasteiger partial charge in [-0.05, 0) is 46.7 Å². The van der Waals surface area contributed by atoms with Gasteiger partial charge in [0.2, 0.25) is 0 Å². The van der Waals surface area contributed by atoms with Gasteiger partial charge in [-0.15, -0.1) is 11.3 Å². The zero-order valence-electron chi connectivity index (χ0n) is 11.3. The van der Waals surface area contributed by atoms with Crippen LogP contribution in [0.5, 0.6) is 0 Å². The van der Waals surface area contributed by atoms with E-state index in [1.807, 2.05) is 0 Å². The molecule has 1 heterocycles. The summed E-state index contributed by atoms with van der Waals surface area (Å²) in [5.41, 5.74) is 3.72. The van der Waals surface area contributed by atoms with E-state index in [-0.39, 0.29) is 4.83 Å². The van der Waals surface area contributed by atoms with Crippen LogP contribution in [-0.2, 0) is 0 Å². The number of halogens is 2. The lowest BCUT2D eigenvalue weighted by Gasteiger charge is -2.14. The molecule has 20 heavy (non-hydrogen) atoms. The smallest absolute Gasteiger partial charge is 0.0759 e. The lowest BCUT2D eigenvalue weighted by atomic mass is 9.98. The SMILES string of the molecule is Cc1csc(C(Br)c2ccc(C)c3ccccc23)c1Cl. The third-order valence-electron chi connectivity index (χ3n) is 3.60. The van der Waals surface area contributed by atoms with Crippen LogP contribution in [-0.4, -0.2) is 0 Å². The molecule has 3 rings (SSSR count). The van der Waals surface area contributed by atoms with E-state index in [1.54, 1.807) is 11.3 Å². The van der Waals surface area contributed by atoms with Gasteiger partial charge in [-0.2, -0.15) is 0 Å². The maximum Gasteiger partial charge on any atom is 0.0759 e. The first-order chi connectivity index (χ1) is 9.59. The van der Waals surface area contributed by atoms with Gasteiger partial charge in [0, 0.05) is 4.88 Å². The molecule has 0 radical (unpaired) electrons. The van der Waals surface area contributed by atoms with Crippen molar-refractivity contribution in [1.29, 1.82) is 0 Å². The van der Waals surface area contributed by atoms with E-state index in [9.17, 15) is 0 Å². The minimum Gasteiger partial charge on any atom is -0.145 e. The second-order valence-corrected chi connectivity index (χ2v) is 7.18. The molecule has 102 valence electrons. The molecule has 0 nitrogen and oxygen atoms in total. The summed E-state index contributed by atoms with van der Waals surface area (Å²) in [6.45, 7) is 4.20. The van der Waals surface area contributed by atoms with Crippen LogP contribution in [0.2, 0.25) is 5.02 Å². The molecule has 0 saturated heterocycles. The molecule has 0 spiro atoms. The highest BCUT2D eigenvalue weighted by Gasteiger charge is 2.19. The van der Waals surface area contributed by atoms with Crippen molar-refractivity contribution in [3.8, 4) is 0 Å². The summed E-state index contributed by atoms with van der Waals surface area (Å²) in [5.74, 6) is 0. The van der Waals surface area contributed by atoms with Crippen LogP contribution in [0.3, 0.4) is 0 Å². The fourth-order valence-corrected chi connectivity index (χ4v) is 4.83. The van der Waals surface area contributed by atoms with Gasteiger partial charge in [0.25, 0.3) is 0 Å². The number of fused-ring (bicyclic) bond motifs is 1. The van der Waals surface area contributed by atoms with Crippen molar-refractivity contribution < 1.29 is 0 Å². The van der Waals surface area contributed by atoms with Gasteiger partial charge in [-0.25, -0.2) is 0 Å². The van der Waals surface area contributed by atoms with Gasteiger partial charge in [0.05, 0.1) is 9.85 Å². The summed E-state index contributed by atoms with van der Waals surface area (Å²) in [5, 5.41) is 5.58. The van der Waals surface area contributed by atoms with Crippen LogP contribution in [0.25, 0.3) is 10.8 Å². The molecule has 0 amide bonds. The quantitative estimate of drug-likeness (QED) is 0.446. The van der Waals surface area contributed by atoms with E-state index >= 15 is 0 Å². The number of rotatable bonds is 2. The van der Waals surface area contributed by atoms with Crippen molar-refractivity contribution in [1.82, 2.24) is 0 Å². The van der Waals surface area contributed by atoms with Crippen molar-refractivity contribution in [2.24, 2.45) is 0 Å². The lowest BCUT2D eigenvalue weighted by molar-refractivity contribution is 1.24. The Hall–Kier alpha value is -0.830. The molecule has 0 fully saturated rings. The third-order valence-corrected chi connectivity index (χ3v) is 6.64. The number of thiophene rings is 1. The fraction of sp³-hybridized carbons (Fsp3) is 0.176. The van der Waals surface area contributed by atoms with Crippen molar-refractivity contribution in [3.63, 3.8) is 0 Å². The third kappa shape index (κ3) is 2.30. The Kier molecular flexibility index (Phi) is 3.89. The van der Waals surface area contributed by atoms with Gasteiger partial charge in [0.1, 0.15) is 0 Å². The summed E-state index contributed by atoms with van der Waals surface area (Å²) in [4.78, 5) is 1.32. The van der Waals surface area contributed by atoms with E-state index in [4.69, 9.17) is 11.6 Å². The first-order valence-corrected chi connectivity index (χ1v) is 8.62. The molecule has 0 aliphatic carbocycles. The predicted octanol–water partition coefficient (Wildman–Crippen LogP) is 6.66. The van der Waals surface area contributed by atoms with E-state index in [0.717, 1.165) is 10.6 Å². The number of hydrogen-bond acceptors (Lipinski definition) is 1. The number of aryl methyl sites for hydroxylation is 2. The van der Waals surface area contributed by atoms with Gasteiger partial charge in [-0.1, -0.05) is 63.9 Å². The fourth-order valence-electron chi connectivity index (χ4n) is 2.46. The molecule has 1 aromatic heterocycles. The van der Waals surface area contributed by atoms with Gasteiger partial charge < -0.3 is 0 Å². The van der Waals surface area contributed by atoms with Crippen molar-refractivity contribution in [2.45, 2.75) is 18.7 Å². The zero-order valence-corrected chi connectivity index (χ0v) is 14.4. The largest absolute Gasteiger partial charge is 0.145 e. The number of alkyl halides is 1. The Morgan fingerprint density at radius 2 is 1.70 bits per heavy atom. The summed E-state index contributed by atoms with van der Waals surface area (Å²) in [6, 6.07) is 12.9. The molecule has 1 unspecified atom stereocenters. The number of benzene rings is 2. The molecule has 0 bridgehead atoms. The zero-order chi connectivity index (χ0) is 14.3. The Morgan fingerprint density at radius 3 is 2.35 bits per heavy atom. The molecule has 0 N–H and O–H groups in total. The molecule has 0 saturated carbocycles. The second kappa shape index (κ2) is 5.51. The minimum absolute atomic E-state index is 0.138. The number of hydrogen-bond donors (Lipinski definition) is 0. The average Bonchev–Trinajstić information content (AvgIpc) is 2.79. The Balaban J connectivity index is 2.20. The second-order valence-electron chi connectivity index (χ2n) is 4.98. The molecule has 1 atom stereocenters. The Labute approximate surface area is 136 Å². The van der Waals surface area contributed by atoms with E-state index in [0.29, 0.717) is 0 Å². The van der Waals surface area contributed by atoms with Crippen molar-refractivity contribution in [3.05, 3.63) is 68.4 Å². The average molecular weight is 366 g/mol. The standard InChI is InChI=1S/C17H14BrClS/c1-10-7-8-14(13-6-4-3-5-12(10)13)15(18)17-16(19)11(2)9-20-17/h3-9,15H,1-2H3. The van der Waals surface area contributed by atoms with E-state index in [1.165, 1.54) is 26.8 Å². The minimum atomic E-state index is 0.138. The lowest BCUT2D eigenvalue weighted by Crippen LogP contribution is -1.93. The topological polar surface area (TPSA) is 0 Å². The first kappa shape index (κ1) is 14.1. The van der Waals surface area contributed by atoms with Crippen LogP contribution in [0.1, 0.15) is 26.4 Å². The summed E-state index contributed by atoms with van der Waals surface area (Å²) in [7, 11) is 0. The maximum absolute atomic E-state index is 6.42. The van der Waals surface area contributed by atoms with E-state index in [2.05, 4.69) is 71.6 Å². The van der Waals surface area contributed by atoms with Gasteiger partial charge >= 0.3 is 0 Å². The molecule has 0 aliphatic rings. The van der Waals surface area contributed by atoms with Crippen LogP contribution in [0.15, 0.2) is 41.8 Å². The normalized spacial score (nSPS) is 12.8. The summed E-state index contributed by atoms with van der Waals surface area (Å²) >= 11 is 12.0. The van der Waals surface area contributed by atoms with Crippen molar-refractivity contribution >= 4 is 49.6 Å².